The molecule has 0 saturated heterocycles. The summed E-state index contributed by atoms with van der Waals surface area (Å²) < 4.78 is 12.0. The van der Waals surface area contributed by atoms with Gasteiger partial charge in [-0.25, -0.2) is 4.98 Å². The second-order valence-corrected chi connectivity index (χ2v) is 6.30. The highest BCUT2D eigenvalue weighted by Crippen LogP contribution is 2.27. The smallest absolute Gasteiger partial charge is 0.261 e. The molecule has 1 heterocycles. The molecule has 0 saturated carbocycles. The fraction of sp³-hybridized carbons (Fsp3) is 0.286. The van der Waals surface area contributed by atoms with Crippen molar-refractivity contribution in [2.24, 2.45) is 0 Å². The van der Waals surface area contributed by atoms with E-state index in [1.807, 2.05) is 24.3 Å². The number of carbonyl (C=O) groups excluding carboxylic acids is 1. The normalized spacial score (nSPS) is 10.6. The number of rotatable bonds is 8. The van der Waals surface area contributed by atoms with Gasteiger partial charge < -0.3 is 14.8 Å². The summed E-state index contributed by atoms with van der Waals surface area (Å²) in [7, 11) is 3.18. The van der Waals surface area contributed by atoms with E-state index < -0.39 is 0 Å². The number of nitrogens with one attached hydrogen (secondary N) is 1. The van der Waals surface area contributed by atoms with E-state index in [1.54, 1.807) is 32.4 Å². The molecule has 3 rings (SSSR count). The lowest BCUT2D eigenvalue weighted by Gasteiger charge is -2.10. The molecule has 0 radical (unpaired) electrons. The largest absolute Gasteiger partial charge is 0.493 e. The van der Waals surface area contributed by atoms with E-state index in [0.29, 0.717) is 41.9 Å². The third-order valence-corrected chi connectivity index (χ3v) is 4.50. The van der Waals surface area contributed by atoms with Gasteiger partial charge in [-0.1, -0.05) is 18.2 Å². The zero-order valence-corrected chi connectivity index (χ0v) is 16.0. The maximum absolute atomic E-state index is 12.4. The number of benzene rings is 2. The molecule has 3 aromatic rings. The third kappa shape index (κ3) is 4.49. The van der Waals surface area contributed by atoms with Gasteiger partial charge in [-0.3, -0.25) is 14.2 Å². The van der Waals surface area contributed by atoms with Crippen LogP contribution in [0.25, 0.3) is 10.9 Å². The topological polar surface area (TPSA) is 82.5 Å². The van der Waals surface area contributed by atoms with Gasteiger partial charge in [-0.15, -0.1) is 0 Å². The molecule has 0 aliphatic heterocycles. The predicted molar refractivity (Wildman–Crippen MR) is 107 cm³/mol. The summed E-state index contributed by atoms with van der Waals surface area (Å²) in [6.45, 7) is 0.790. The molecule has 1 aromatic heterocycles. The average Bonchev–Trinajstić information content (AvgIpc) is 2.73. The van der Waals surface area contributed by atoms with E-state index in [1.165, 1.54) is 10.9 Å². The number of hydrogen-bond donors (Lipinski definition) is 1. The van der Waals surface area contributed by atoms with Gasteiger partial charge in [-0.05, 0) is 36.2 Å². The fourth-order valence-corrected chi connectivity index (χ4v) is 2.96. The minimum atomic E-state index is -0.135. The van der Waals surface area contributed by atoms with Gasteiger partial charge in [0.05, 0.1) is 31.4 Å². The van der Waals surface area contributed by atoms with E-state index in [4.69, 9.17) is 9.47 Å². The van der Waals surface area contributed by atoms with Crippen LogP contribution in [0.2, 0.25) is 0 Å². The van der Waals surface area contributed by atoms with Crippen molar-refractivity contribution in [1.29, 1.82) is 0 Å². The standard InChI is InChI=1S/C21H23N3O4/c1-27-18-8-7-15(13-19(18)28-2)9-11-22-20(25)10-12-24-14-23-17-6-4-3-5-16(17)21(24)26/h3-8,13-14H,9-12H2,1-2H3,(H,22,25). The molecule has 0 atom stereocenters. The molecule has 0 unspecified atom stereocenters. The lowest BCUT2D eigenvalue weighted by Crippen LogP contribution is -2.29. The number of ether oxygens (including phenoxy) is 2. The number of hydrogen-bond acceptors (Lipinski definition) is 5. The summed E-state index contributed by atoms with van der Waals surface area (Å²) in [6.07, 6.45) is 2.37. The van der Waals surface area contributed by atoms with Crippen LogP contribution in [0.1, 0.15) is 12.0 Å². The Morgan fingerprint density at radius 1 is 1.11 bits per heavy atom. The predicted octanol–water partition coefficient (Wildman–Crippen LogP) is 2.16. The number of amides is 1. The SMILES string of the molecule is COc1ccc(CCNC(=O)CCn2cnc3ccccc3c2=O)cc1OC. The van der Waals surface area contributed by atoms with Crippen molar-refractivity contribution in [3.05, 3.63) is 64.7 Å². The van der Waals surface area contributed by atoms with Crippen molar-refractivity contribution in [3.8, 4) is 11.5 Å². The number of para-hydroxylation sites is 1. The summed E-state index contributed by atoms with van der Waals surface area (Å²) in [6, 6.07) is 12.8. The molecule has 1 N–H and O–H groups in total. The number of fused-ring (bicyclic) bond motifs is 1. The molecular formula is C21H23N3O4. The Hall–Kier alpha value is -3.35. The molecule has 28 heavy (non-hydrogen) atoms. The first-order valence-electron chi connectivity index (χ1n) is 9.04. The third-order valence-electron chi connectivity index (χ3n) is 4.50. The minimum Gasteiger partial charge on any atom is -0.493 e. The summed E-state index contributed by atoms with van der Waals surface area (Å²) in [4.78, 5) is 28.8. The molecular weight excluding hydrogens is 358 g/mol. The van der Waals surface area contributed by atoms with Crippen LogP contribution in [-0.4, -0.2) is 36.2 Å². The van der Waals surface area contributed by atoms with E-state index in [0.717, 1.165) is 5.56 Å². The van der Waals surface area contributed by atoms with Crippen molar-refractivity contribution in [2.75, 3.05) is 20.8 Å². The monoisotopic (exact) mass is 381 g/mol. The van der Waals surface area contributed by atoms with Gasteiger partial charge in [0, 0.05) is 19.5 Å². The average molecular weight is 381 g/mol. The Kier molecular flexibility index (Phi) is 6.26. The molecule has 2 aromatic carbocycles. The van der Waals surface area contributed by atoms with Crippen molar-refractivity contribution >= 4 is 16.8 Å². The molecule has 7 heteroatoms. The Bertz CT molecular complexity index is 1030. The number of nitrogens with zero attached hydrogens (tertiary/aromatic N) is 2. The number of aryl methyl sites for hydroxylation is 1. The van der Waals surface area contributed by atoms with Gasteiger partial charge in [0.1, 0.15) is 0 Å². The van der Waals surface area contributed by atoms with Crippen molar-refractivity contribution in [3.63, 3.8) is 0 Å². The number of methoxy groups -OCH3 is 2. The molecule has 0 spiro atoms. The van der Waals surface area contributed by atoms with E-state index in [-0.39, 0.29) is 17.9 Å². The number of aromatic nitrogens is 2. The summed E-state index contributed by atoms with van der Waals surface area (Å²) in [5, 5.41) is 3.43. The van der Waals surface area contributed by atoms with Gasteiger partial charge >= 0.3 is 0 Å². The summed E-state index contributed by atoms with van der Waals surface area (Å²) in [5.74, 6) is 1.22. The van der Waals surface area contributed by atoms with Gasteiger partial charge in [0.25, 0.3) is 5.56 Å². The second kappa shape index (κ2) is 9.03. The molecule has 7 nitrogen and oxygen atoms in total. The van der Waals surface area contributed by atoms with Gasteiger partial charge in [0.2, 0.25) is 5.91 Å². The van der Waals surface area contributed by atoms with E-state index in [2.05, 4.69) is 10.3 Å². The second-order valence-electron chi connectivity index (χ2n) is 6.30. The molecule has 0 bridgehead atoms. The zero-order chi connectivity index (χ0) is 19.9. The van der Waals surface area contributed by atoms with Crippen LogP contribution in [-0.2, 0) is 17.8 Å². The van der Waals surface area contributed by atoms with Crippen LogP contribution in [0, 0.1) is 0 Å². The maximum Gasteiger partial charge on any atom is 0.261 e. The molecule has 0 aliphatic carbocycles. The highest BCUT2D eigenvalue weighted by Gasteiger charge is 2.07. The van der Waals surface area contributed by atoms with Crippen LogP contribution in [0.3, 0.4) is 0 Å². The van der Waals surface area contributed by atoms with Gasteiger partial charge in [0.15, 0.2) is 11.5 Å². The number of carbonyl (C=O) groups is 1. The van der Waals surface area contributed by atoms with E-state index in [9.17, 15) is 9.59 Å². The van der Waals surface area contributed by atoms with Crippen molar-refractivity contribution < 1.29 is 14.3 Å². The lowest BCUT2D eigenvalue weighted by atomic mass is 10.1. The van der Waals surface area contributed by atoms with Crippen LogP contribution in [0.4, 0.5) is 0 Å². The van der Waals surface area contributed by atoms with Crippen molar-refractivity contribution in [1.82, 2.24) is 14.9 Å². The van der Waals surface area contributed by atoms with E-state index >= 15 is 0 Å². The first kappa shape index (κ1) is 19.4. The molecule has 0 aliphatic rings. The van der Waals surface area contributed by atoms with Crippen LogP contribution < -0.4 is 20.3 Å². The first-order chi connectivity index (χ1) is 13.6. The Labute approximate surface area is 162 Å². The van der Waals surface area contributed by atoms with Crippen LogP contribution in [0.15, 0.2) is 53.6 Å². The molecule has 146 valence electrons. The first-order valence-corrected chi connectivity index (χ1v) is 9.04. The minimum absolute atomic E-state index is 0.111. The highest BCUT2D eigenvalue weighted by atomic mass is 16.5. The summed E-state index contributed by atoms with van der Waals surface area (Å²) >= 11 is 0. The Morgan fingerprint density at radius 2 is 1.89 bits per heavy atom. The van der Waals surface area contributed by atoms with Gasteiger partial charge in [-0.2, -0.15) is 0 Å². The zero-order valence-electron chi connectivity index (χ0n) is 16.0. The van der Waals surface area contributed by atoms with Crippen LogP contribution in [0.5, 0.6) is 11.5 Å². The van der Waals surface area contributed by atoms with Crippen molar-refractivity contribution in [2.45, 2.75) is 19.4 Å². The quantitative estimate of drug-likeness (QED) is 0.647. The molecule has 0 fully saturated rings. The van der Waals surface area contributed by atoms with Crippen LogP contribution >= 0.6 is 0 Å². The molecule has 1 amide bonds. The maximum atomic E-state index is 12.4. The summed E-state index contributed by atoms with van der Waals surface area (Å²) in [5.41, 5.74) is 1.56. The highest BCUT2D eigenvalue weighted by molar-refractivity contribution is 5.77. The Balaban J connectivity index is 1.51. The lowest BCUT2D eigenvalue weighted by molar-refractivity contribution is -0.121. The Morgan fingerprint density at radius 3 is 2.68 bits per heavy atom. The fourth-order valence-electron chi connectivity index (χ4n) is 2.96.